The minimum Gasteiger partial charge on any atom is -0.493 e. The number of nitrogens with one attached hydrogen (secondary N) is 3. The number of hydrogen-bond donors (Lipinski definition) is 3. The number of methoxy groups -OCH3 is 2. The summed E-state index contributed by atoms with van der Waals surface area (Å²) in [6.45, 7) is 4.52. The summed E-state index contributed by atoms with van der Waals surface area (Å²) in [6, 6.07) is 24.0. The molecule has 0 radical (unpaired) electrons. The van der Waals surface area contributed by atoms with Crippen molar-refractivity contribution in [3.63, 3.8) is 0 Å². The van der Waals surface area contributed by atoms with Crippen LogP contribution in [0.2, 0.25) is 0 Å². The minimum absolute atomic E-state index is 0.221. The highest BCUT2D eigenvalue weighted by Gasteiger charge is 2.23. The zero-order valence-electron chi connectivity index (χ0n) is 21.3. The number of benzene rings is 3. The van der Waals surface area contributed by atoms with Gasteiger partial charge in [-0.2, -0.15) is 5.10 Å². The van der Waals surface area contributed by atoms with Gasteiger partial charge in [0.1, 0.15) is 5.69 Å². The number of carbonyl (C=O) groups excluding carboxylic acids is 2. The highest BCUT2D eigenvalue weighted by Crippen LogP contribution is 2.28. The van der Waals surface area contributed by atoms with Crippen LogP contribution in [0.25, 0.3) is 11.3 Å². The Morgan fingerprint density at radius 1 is 0.865 bits per heavy atom. The third-order valence-electron chi connectivity index (χ3n) is 6.15. The van der Waals surface area contributed by atoms with Gasteiger partial charge in [0.2, 0.25) is 0 Å². The van der Waals surface area contributed by atoms with Crippen LogP contribution in [0.3, 0.4) is 0 Å². The molecule has 0 unspecified atom stereocenters. The van der Waals surface area contributed by atoms with Gasteiger partial charge in [-0.05, 0) is 42.0 Å². The van der Waals surface area contributed by atoms with Gasteiger partial charge in [0.25, 0.3) is 11.8 Å². The Bertz CT molecular complexity index is 1380. The molecule has 2 amide bonds. The zero-order chi connectivity index (χ0) is 26.4. The van der Waals surface area contributed by atoms with Crippen molar-refractivity contribution in [3.8, 4) is 22.8 Å². The molecule has 0 bridgehead atoms. The zero-order valence-corrected chi connectivity index (χ0v) is 21.3. The summed E-state index contributed by atoms with van der Waals surface area (Å²) < 4.78 is 10.5. The molecule has 0 saturated heterocycles. The van der Waals surface area contributed by atoms with Crippen molar-refractivity contribution in [3.05, 3.63) is 95.7 Å². The fourth-order valence-corrected chi connectivity index (χ4v) is 3.88. The highest BCUT2D eigenvalue weighted by molar-refractivity contribution is 6.04. The molecular weight excluding hydrogens is 468 g/mol. The molecule has 8 nitrogen and oxygen atoms in total. The lowest BCUT2D eigenvalue weighted by Crippen LogP contribution is -2.36. The number of aromatic amines is 1. The molecule has 4 aromatic rings. The van der Waals surface area contributed by atoms with Crippen molar-refractivity contribution in [2.24, 2.45) is 0 Å². The van der Waals surface area contributed by atoms with Crippen LogP contribution < -0.4 is 20.1 Å². The van der Waals surface area contributed by atoms with Crippen molar-refractivity contribution in [2.75, 3.05) is 26.1 Å². The number of amides is 2. The van der Waals surface area contributed by atoms with Crippen molar-refractivity contribution in [1.82, 2.24) is 15.5 Å². The quantitative estimate of drug-likeness (QED) is 0.299. The number of hydrogen-bond acceptors (Lipinski definition) is 5. The van der Waals surface area contributed by atoms with E-state index >= 15 is 0 Å². The van der Waals surface area contributed by atoms with Crippen molar-refractivity contribution >= 4 is 17.5 Å². The van der Waals surface area contributed by atoms with Crippen LogP contribution in [0.5, 0.6) is 11.5 Å². The molecule has 8 heteroatoms. The molecule has 0 aliphatic carbocycles. The van der Waals surface area contributed by atoms with Crippen LogP contribution in [0.1, 0.15) is 40.3 Å². The number of nitrogens with zero attached hydrogens (tertiary/aromatic N) is 1. The van der Waals surface area contributed by atoms with Gasteiger partial charge in [-0.1, -0.05) is 56.3 Å². The molecule has 0 aliphatic rings. The maximum atomic E-state index is 12.7. The molecule has 3 aromatic carbocycles. The van der Waals surface area contributed by atoms with E-state index < -0.39 is 0 Å². The van der Waals surface area contributed by atoms with E-state index in [4.69, 9.17) is 9.47 Å². The summed E-state index contributed by atoms with van der Waals surface area (Å²) in [5, 5.41) is 13.0. The van der Waals surface area contributed by atoms with Gasteiger partial charge in [-0.25, -0.2) is 0 Å². The second-order valence-electron chi connectivity index (χ2n) is 9.20. The van der Waals surface area contributed by atoms with Crippen LogP contribution in [0.4, 0.5) is 5.69 Å². The van der Waals surface area contributed by atoms with E-state index in [2.05, 4.69) is 20.8 Å². The van der Waals surface area contributed by atoms with Crippen LogP contribution in [0, 0.1) is 0 Å². The Morgan fingerprint density at radius 2 is 1.57 bits per heavy atom. The molecule has 3 N–H and O–H groups in total. The molecule has 0 atom stereocenters. The second kappa shape index (κ2) is 11.0. The molecule has 4 rings (SSSR count). The van der Waals surface area contributed by atoms with Crippen molar-refractivity contribution in [1.29, 1.82) is 0 Å². The number of carbonyl (C=O) groups is 2. The third kappa shape index (κ3) is 5.98. The van der Waals surface area contributed by atoms with Crippen molar-refractivity contribution < 1.29 is 19.1 Å². The predicted molar refractivity (Wildman–Crippen MR) is 143 cm³/mol. The summed E-state index contributed by atoms with van der Waals surface area (Å²) in [7, 11) is 3.07. The van der Waals surface area contributed by atoms with Crippen LogP contribution in [-0.4, -0.2) is 42.8 Å². The van der Waals surface area contributed by atoms with E-state index in [-0.39, 0.29) is 17.2 Å². The molecule has 0 saturated carbocycles. The SMILES string of the molecule is COc1ccc(C(=O)Nc2ccc(C(C)(C)CNC(=O)c3cc(-c4ccccc4)n[nH]3)cc2)cc1OC. The third-order valence-corrected chi connectivity index (χ3v) is 6.15. The standard InChI is InChI=1S/C29H30N4O4/c1-29(2,18-30-28(35)24-17-23(32-33-24)19-8-6-5-7-9-19)21-11-13-22(14-12-21)31-27(34)20-10-15-25(36-3)26(16-20)37-4/h5-17H,18H2,1-4H3,(H,30,35)(H,31,34)(H,32,33). The average molecular weight is 499 g/mol. The Hall–Kier alpha value is -4.59. The van der Waals surface area contributed by atoms with E-state index in [1.54, 1.807) is 31.4 Å². The summed E-state index contributed by atoms with van der Waals surface area (Å²) in [5.41, 5.74) is 3.86. The predicted octanol–water partition coefficient (Wildman–Crippen LogP) is 5.05. The first-order chi connectivity index (χ1) is 17.8. The monoisotopic (exact) mass is 498 g/mol. The summed E-state index contributed by atoms with van der Waals surface area (Å²) in [5.74, 6) is 0.568. The lowest BCUT2D eigenvalue weighted by atomic mass is 9.84. The molecule has 37 heavy (non-hydrogen) atoms. The molecule has 1 aromatic heterocycles. The van der Waals surface area contributed by atoms with Crippen LogP contribution in [0.15, 0.2) is 78.9 Å². The fourth-order valence-electron chi connectivity index (χ4n) is 3.88. The molecule has 0 spiro atoms. The lowest BCUT2D eigenvalue weighted by molar-refractivity contribution is 0.0940. The van der Waals surface area contributed by atoms with Crippen molar-refractivity contribution in [2.45, 2.75) is 19.3 Å². The lowest BCUT2D eigenvalue weighted by Gasteiger charge is -2.26. The normalized spacial score (nSPS) is 11.0. The topological polar surface area (TPSA) is 105 Å². The molecule has 190 valence electrons. The number of H-pyrrole nitrogens is 1. The Balaban J connectivity index is 1.36. The Kier molecular flexibility index (Phi) is 7.57. The summed E-state index contributed by atoms with van der Waals surface area (Å²) in [4.78, 5) is 25.4. The molecule has 1 heterocycles. The first-order valence-electron chi connectivity index (χ1n) is 11.8. The maximum absolute atomic E-state index is 12.7. The minimum atomic E-state index is -0.343. The Labute approximate surface area is 216 Å². The first-order valence-corrected chi connectivity index (χ1v) is 11.8. The summed E-state index contributed by atoms with van der Waals surface area (Å²) in [6.07, 6.45) is 0. The van der Waals surface area contributed by atoms with Gasteiger partial charge in [-0.3, -0.25) is 14.7 Å². The maximum Gasteiger partial charge on any atom is 0.269 e. The molecule has 0 aliphatic heterocycles. The van der Waals surface area contributed by atoms with Gasteiger partial charge in [0, 0.05) is 28.8 Å². The van der Waals surface area contributed by atoms with Gasteiger partial charge in [0.05, 0.1) is 19.9 Å². The molecule has 0 fully saturated rings. The fraction of sp³-hybridized carbons (Fsp3) is 0.207. The highest BCUT2D eigenvalue weighted by atomic mass is 16.5. The van der Waals surface area contributed by atoms with E-state index in [1.165, 1.54) is 7.11 Å². The van der Waals surface area contributed by atoms with Crippen LogP contribution >= 0.6 is 0 Å². The smallest absolute Gasteiger partial charge is 0.269 e. The summed E-state index contributed by atoms with van der Waals surface area (Å²) >= 11 is 0. The number of rotatable bonds is 9. The number of anilines is 1. The van der Waals surface area contributed by atoms with E-state index in [1.807, 2.05) is 68.4 Å². The van der Waals surface area contributed by atoms with Gasteiger partial charge in [-0.15, -0.1) is 0 Å². The molecular formula is C29H30N4O4. The van der Waals surface area contributed by atoms with E-state index in [0.29, 0.717) is 35.0 Å². The van der Waals surface area contributed by atoms with E-state index in [0.717, 1.165) is 16.8 Å². The van der Waals surface area contributed by atoms with Gasteiger partial charge >= 0.3 is 0 Å². The number of ether oxygens (including phenoxy) is 2. The second-order valence-corrected chi connectivity index (χ2v) is 9.20. The van der Waals surface area contributed by atoms with Crippen LogP contribution in [-0.2, 0) is 5.41 Å². The first kappa shape index (κ1) is 25.5. The van der Waals surface area contributed by atoms with Gasteiger partial charge in [0.15, 0.2) is 11.5 Å². The van der Waals surface area contributed by atoms with Gasteiger partial charge < -0.3 is 20.1 Å². The van der Waals surface area contributed by atoms with E-state index in [9.17, 15) is 9.59 Å². The average Bonchev–Trinajstić information content (AvgIpc) is 3.43. The largest absolute Gasteiger partial charge is 0.493 e. The Morgan fingerprint density at radius 3 is 2.24 bits per heavy atom. The number of aromatic nitrogens is 2.